The van der Waals surface area contributed by atoms with Gasteiger partial charge in [0.15, 0.2) is 0 Å². The van der Waals surface area contributed by atoms with Crippen LogP contribution < -0.4 is 5.32 Å². The minimum atomic E-state index is -6.59. The van der Waals surface area contributed by atoms with Crippen molar-refractivity contribution in [1.82, 2.24) is 5.32 Å². The van der Waals surface area contributed by atoms with Crippen LogP contribution >= 0.6 is 0 Å². The van der Waals surface area contributed by atoms with Crippen molar-refractivity contribution in [2.75, 3.05) is 13.2 Å². The Kier molecular flexibility index (Phi) is 9.20. The van der Waals surface area contributed by atoms with Crippen LogP contribution in [0.25, 0.3) is 0 Å². The minimum Gasteiger partial charge on any atom is -0.466 e. The third kappa shape index (κ3) is 7.07. The SMILES string of the molecule is CCCCCCCOC(=O)CCNC(=O)C(F)(F)C(F)(F)C(F)(F)F. The van der Waals surface area contributed by atoms with Gasteiger partial charge in [0, 0.05) is 6.54 Å². The van der Waals surface area contributed by atoms with Crippen molar-refractivity contribution in [1.29, 1.82) is 0 Å². The first kappa shape index (κ1) is 23.4. The van der Waals surface area contributed by atoms with E-state index in [9.17, 15) is 40.3 Å². The number of ether oxygens (including phenoxy) is 1. The summed E-state index contributed by atoms with van der Waals surface area (Å²) in [7, 11) is 0. The molecule has 0 aliphatic heterocycles. The summed E-state index contributed by atoms with van der Waals surface area (Å²) in [6, 6.07) is 0. The number of alkyl halides is 7. The maximum atomic E-state index is 13.0. The molecule has 0 bridgehead atoms. The Morgan fingerprint density at radius 2 is 1.48 bits per heavy atom. The largest absolute Gasteiger partial charge is 0.466 e. The summed E-state index contributed by atoms with van der Waals surface area (Å²) in [5.74, 6) is -16.2. The number of hydrogen-bond donors (Lipinski definition) is 1. The van der Waals surface area contributed by atoms with E-state index in [1.807, 2.05) is 6.92 Å². The highest BCUT2D eigenvalue weighted by Gasteiger charge is 2.76. The Morgan fingerprint density at radius 1 is 0.920 bits per heavy atom. The Hall–Kier alpha value is -1.55. The van der Waals surface area contributed by atoms with Crippen molar-refractivity contribution in [3.05, 3.63) is 0 Å². The second kappa shape index (κ2) is 9.81. The van der Waals surface area contributed by atoms with Gasteiger partial charge in [0.25, 0.3) is 5.91 Å². The normalized spacial score (nSPS) is 12.8. The standard InChI is InChI=1S/C14H20F7NO3/c1-2-3-4-5-6-9-25-10(23)7-8-22-11(24)12(15,16)13(17,18)14(19,20)21/h2-9H2,1H3,(H,22,24). The van der Waals surface area contributed by atoms with Gasteiger partial charge < -0.3 is 10.1 Å². The lowest BCUT2D eigenvalue weighted by Gasteiger charge is -2.26. The molecule has 0 saturated heterocycles. The average Bonchev–Trinajstić information content (AvgIpc) is 2.49. The van der Waals surface area contributed by atoms with Crippen LogP contribution in [0.2, 0.25) is 0 Å². The quantitative estimate of drug-likeness (QED) is 0.335. The van der Waals surface area contributed by atoms with E-state index in [4.69, 9.17) is 4.74 Å². The maximum Gasteiger partial charge on any atom is 0.460 e. The summed E-state index contributed by atoms with van der Waals surface area (Å²) >= 11 is 0. The summed E-state index contributed by atoms with van der Waals surface area (Å²) in [4.78, 5) is 22.1. The van der Waals surface area contributed by atoms with E-state index in [1.54, 1.807) is 0 Å². The second-order valence-corrected chi connectivity index (χ2v) is 5.29. The average molecular weight is 383 g/mol. The molecule has 4 nitrogen and oxygen atoms in total. The molecule has 148 valence electrons. The highest BCUT2D eigenvalue weighted by molar-refractivity contribution is 5.85. The number of amides is 1. The number of hydrogen-bond acceptors (Lipinski definition) is 3. The fourth-order valence-corrected chi connectivity index (χ4v) is 1.67. The molecule has 0 heterocycles. The Labute approximate surface area is 140 Å². The number of unbranched alkanes of at least 4 members (excludes halogenated alkanes) is 4. The number of carbonyl (C=O) groups is 2. The van der Waals surface area contributed by atoms with Gasteiger partial charge in [-0.15, -0.1) is 0 Å². The number of halogens is 7. The molecule has 25 heavy (non-hydrogen) atoms. The molecule has 0 fully saturated rings. The fraction of sp³-hybridized carbons (Fsp3) is 0.857. The molecule has 0 radical (unpaired) electrons. The zero-order chi connectivity index (χ0) is 19.7. The van der Waals surface area contributed by atoms with Gasteiger partial charge in [-0.3, -0.25) is 9.59 Å². The summed E-state index contributed by atoms with van der Waals surface area (Å²) < 4.78 is 91.6. The summed E-state index contributed by atoms with van der Waals surface area (Å²) in [6.07, 6.45) is -2.83. The van der Waals surface area contributed by atoms with Gasteiger partial charge in [0.1, 0.15) is 0 Å². The Bertz CT molecular complexity index is 439. The number of carbonyl (C=O) groups excluding carboxylic acids is 2. The molecule has 0 spiro atoms. The second-order valence-electron chi connectivity index (χ2n) is 5.29. The molecule has 0 aliphatic rings. The molecular formula is C14H20F7NO3. The monoisotopic (exact) mass is 383 g/mol. The van der Waals surface area contributed by atoms with E-state index in [1.165, 1.54) is 5.32 Å². The van der Waals surface area contributed by atoms with Gasteiger partial charge in [0.05, 0.1) is 13.0 Å². The van der Waals surface area contributed by atoms with Crippen LogP contribution in [0, 0.1) is 0 Å². The molecule has 0 aromatic rings. The van der Waals surface area contributed by atoms with E-state index < -0.39 is 42.9 Å². The molecule has 1 amide bonds. The van der Waals surface area contributed by atoms with Gasteiger partial charge in [-0.25, -0.2) is 0 Å². The molecule has 1 N–H and O–H groups in total. The Balaban J connectivity index is 4.19. The molecule has 0 aromatic heterocycles. The molecule has 0 unspecified atom stereocenters. The lowest BCUT2D eigenvalue weighted by Crippen LogP contribution is -2.59. The van der Waals surface area contributed by atoms with Gasteiger partial charge in [-0.1, -0.05) is 32.6 Å². The third-order valence-corrected chi connectivity index (χ3v) is 3.16. The van der Waals surface area contributed by atoms with E-state index in [0.717, 1.165) is 25.7 Å². The van der Waals surface area contributed by atoms with Crippen LogP contribution in [-0.4, -0.2) is 43.0 Å². The number of esters is 1. The van der Waals surface area contributed by atoms with Gasteiger partial charge >= 0.3 is 24.0 Å². The molecule has 0 aromatic carbocycles. The third-order valence-electron chi connectivity index (χ3n) is 3.16. The van der Waals surface area contributed by atoms with Crippen molar-refractivity contribution in [2.24, 2.45) is 0 Å². The van der Waals surface area contributed by atoms with Crippen molar-refractivity contribution in [3.63, 3.8) is 0 Å². The van der Waals surface area contributed by atoms with Gasteiger partial charge in [-0.2, -0.15) is 30.7 Å². The minimum absolute atomic E-state index is 0.0683. The summed E-state index contributed by atoms with van der Waals surface area (Å²) in [5.41, 5.74) is 0. The Morgan fingerprint density at radius 3 is 2.00 bits per heavy atom. The van der Waals surface area contributed by atoms with Crippen LogP contribution in [0.15, 0.2) is 0 Å². The molecule has 0 saturated carbocycles. The molecule has 0 rings (SSSR count). The highest BCUT2D eigenvalue weighted by atomic mass is 19.4. The van der Waals surface area contributed by atoms with Gasteiger partial charge in [-0.05, 0) is 6.42 Å². The predicted molar refractivity (Wildman–Crippen MR) is 73.3 cm³/mol. The topological polar surface area (TPSA) is 55.4 Å². The van der Waals surface area contributed by atoms with Crippen molar-refractivity contribution >= 4 is 11.9 Å². The van der Waals surface area contributed by atoms with Crippen LogP contribution in [0.3, 0.4) is 0 Å². The predicted octanol–water partition coefficient (Wildman–Crippen LogP) is 3.84. The smallest absolute Gasteiger partial charge is 0.460 e. The van der Waals surface area contributed by atoms with Gasteiger partial charge in [0.2, 0.25) is 0 Å². The molecule has 0 atom stereocenters. The van der Waals surface area contributed by atoms with Crippen LogP contribution in [0.1, 0.15) is 45.4 Å². The van der Waals surface area contributed by atoms with Crippen molar-refractivity contribution in [3.8, 4) is 0 Å². The lowest BCUT2D eigenvalue weighted by atomic mass is 10.1. The number of rotatable bonds is 11. The first-order chi connectivity index (χ1) is 11.4. The fourth-order valence-electron chi connectivity index (χ4n) is 1.67. The zero-order valence-electron chi connectivity index (χ0n) is 13.5. The van der Waals surface area contributed by atoms with Crippen molar-refractivity contribution < 1.29 is 45.1 Å². The molecular weight excluding hydrogens is 363 g/mol. The van der Waals surface area contributed by atoms with E-state index >= 15 is 0 Å². The van der Waals surface area contributed by atoms with Crippen LogP contribution in [0.5, 0.6) is 0 Å². The lowest BCUT2D eigenvalue weighted by molar-refractivity contribution is -0.344. The van der Waals surface area contributed by atoms with Crippen LogP contribution in [0.4, 0.5) is 30.7 Å². The highest BCUT2D eigenvalue weighted by Crippen LogP contribution is 2.46. The zero-order valence-corrected chi connectivity index (χ0v) is 13.5. The maximum absolute atomic E-state index is 13.0. The molecule has 0 aliphatic carbocycles. The first-order valence-electron chi connectivity index (χ1n) is 7.64. The molecule has 11 heteroatoms. The number of nitrogens with one attached hydrogen (secondary N) is 1. The summed E-state index contributed by atoms with van der Waals surface area (Å²) in [5, 5.41) is 1.18. The van der Waals surface area contributed by atoms with E-state index in [0.29, 0.717) is 6.42 Å². The first-order valence-corrected chi connectivity index (χ1v) is 7.64. The van der Waals surface area contributed by atoms with Crippen molar-refractivity contribution in [2.45, 2.75) is 63.5 Å². The van der Waals surface area contributed by atoms with E-state index in [-0.39, 0.29) is 6.61 Å². The van der Waals surface area contributed by atoms with Crippen LogP contribution in [-0.2, 0) is 14.3 Å². The van der Waals surface area contributed by atoms with E-state index in [2.05, 4.69) is 0 Å². The summed E-state index contributed by atoms with van der Waals surface area (Å²) in [6.45, 7) is 1.23.